The predicted octanol–water partition coefficient (Wildman–Crippen LogP) is 17.0. The Balaban J connectivity index is 1.19. The van der Waals surface area contributed by atoms with Crippen molar-refractivity contribution in [3.8, 4) is 77.9 Å². The zero-order valence-corrected chi connectivity index (χ0v) is 33.2. The van der Waals surface area contributed by atoms with Gasteiger partial charge in [0.25, 0.3) is 0 Å². The monoisotopic (exact) mass is 772 g/mol. The second-order valence-electron chi connectivity index (χ2n) is 16.3. The van der Waals surface area contributed by atoms with Gasteiger partial charge < -0.3 is 4.42 Å². The maximum Gasteiger partial charge on any atom is 0.135 e. The fourth-order valence-electron chi connectivity index (χ4n) is 10.4. The predicted molar refractivity (Wildman–Crippen MR) is 258 cm³/mol. The van der Waals surface area contributed by atoms with E-state index < -0.39 is 0 Å². The Kier molecular flexibility index (Phi) is 7.37. The van der Waals surface area contributed by atoms with Gasteiger partial charge >= 0.3 is 0 Å². The van der Waals surface area contributed by atoms with E-state index >= 15 is 0 Å². The third kappa shape index (κ3) is 5.08. The summed E-state index contributed by atoms with van der Waals surface area (Å²) in [5.41, 5.74) is 19.0. The summed E-state index contributed by atoms with van der Waals surface area (Å²) in [5.74, 6) is 0. The van der Waals surface area contributed by atoms with Crippen LogP contribution in [0.15, 0.2) is 223 Å². The molecular formula is C60H36O. The minimum atomic E-state index is 0.890. The van der Waals surface area contributed by atoms with Crippen molar-refractivity contribution in [3.63, 3.8) is 0 Å². The van der Waals surface area contributed by atoms with Gasteiger partial charge in [-0.25, -0.2) is 0 Å². The molecule has 13 rings (SSSR count). The van der Waals surface area contributed by atoms with Crippen LogP contribution in [0.4, 0.5) is 0 Å². The molecule has 1 heteroatoms. The Morgan fingerprint density at radius 3 is 1.39 bits per heavy atom. The first-order valence-corrected chi connectivity index (χ1v) is 21.1. The summed E-state index contributed by atoms with van der Waals surface area (Å²) in [5, 5.41) is 9.75. The Morgan fingerprint density at radius 1 is 0.213 bits per heavy atom. The summed E-state index contributed by atoms with van der Waals surface area (Å²) in [4.78, 5) is 0. The Morgan fingerprint density at radius 2 is 0.705 bits per heavy atom. The van der Waals surface area contributed by atoms with Crippen molar-refractivity contribution in [2.75, 3.05) is 0 Å². The van der Waals surface area contributed by atoms with E-state index in [1.807, 2.05) is 6.07 Å². The fourth-order valence-corrected chi connectivity index (χ4v) is 10.4. The van der Waals surface area contributed by atoms with Crippen molar-refractivity contribution in [1.29, 1.82) is 0 Å². The van der Waals surface area contributed by atoms with Gasteiger partial charge in [-0.05, 0) is 141 Å². The lowest BCUT2D eigenvalue weighted by Gasteiger charge is -2.24. The number of benzene rings is 11. The number of rotatable bonds is 5. The third-order valence-corrected chi connectivity index (χ3v) is 13.0. The normalized spacial score (nSPS) is 11.9. The molecule has 0 amide bonds. The second kappa shape index (κ2) is 13.3. The van der Waals surface area contributed by atoms with Gasteiger partial charge in [-0.15, -0.1) is 0 Å². The van der Waals surface area contributed by atoms with Gasteiger partial charge in [0.05, 0.1) is 0 Å². The van der Waals surface area contributed by atoms with E-state index in [0.29, 0.717) is 0 Å². The van der Waals surface area contributed by atoms with Crippen molar-refractivity contribution in [3.05, 3.63) is 218 Å². The summed E-state index contributed by atoms with van der Waals surface area (Å²) in [7, 11) is 0. The van der Waals surface area contributed by atoms with E-state index in [4.69, 9.17) is 4.42 Å². The van der Waals surface area contributed by atoms with Crippen LogP contribution in [0.2, 0.25) is 0 Å². The minimum absolute atomic E-state index is 0.890. The zero-order valence-electron chi connectivity index (χ0n) is 33.2. The van der Waals surface area contributed by atoms with Gasteiger partial charge in [0.15, 0.2) is 0 Å². The lowest BCUT2D eigenvalue weighted by Crippen LogP contribution is -1.97. The molecule has 282 valence electrons. The SMILES string of the molecule is c1ccc(-c2cc(-c3ccc4c5c(cccc35)-c3ccccc3-4)cc(-c3ccc4oc5ccccc5c4c3)c2-c2c3ccccc3c(-c3ccccc3)c3ccccc23)cc1. The molecule has 1 aliphatic rings. The molecular weight excluding hydrogens is 737 g/mol. The number of fused-ring (bicyclic) bond motifs is 8. The van der Waals surface area contributed by atoms with Crippen molar-refractivity contribution < 1.29 is 4.42 Å². The first-order valence-electron chi connectivity index (χ1n) is 21.1. The summed E-state index contributed by atoms with van der Waals surface area (Å²) >= 11 is 0. The summed E-state index contributed by atoms with van der Waals surface area (Å²) in [6.07, 6.45) is 0. The topological polar surface area (TPSA) is 13.1 Å². The van der Waals surface area contributed by atoms with E-state index in [0.717, 1.165) is 27.5 Å². The Bertz CT molecular complexity index is 3650. The molecule has 0 N–H and O–H groups in total. The third-order valence-electron chi connectivity index (χ3n) is 13.0. The minimum Gasteiger partial charge on any atom is -0.456 e. The Hall–Kier alpha value is -8.00. The van der Waals surface area contributed by atoms with Crippen LogP contribution in [0.1, 0.15) is 0 Å². The highest BCUT2D eigenvalue weighted by atomic mass is 16.3. The number of para-hydroxylation sites is 1. The molecule has 0 unspecified atom stereocenters. The molecule has 0 bridgehead atoms. The molecule has 0 fully saturated rings. The second-order valence-corrected chi connectivity index (χ2v) is 16.3. The van der Waals surface area contributed by atoms with Gasteiger partial charge in [0.2, 0.25) is 0 Å². The molecule has 1 aliphatic carbocycles. The van der Waals surface area contributed by atoms with Crippen molar-refractivity contribution >= 4 is 54.3 Å². The van der Waals surface area contributed by atoms with Crippen LogP contribution in [-0.4, -0.2) is 0 Å². The first kappa shape index (κ1) is 33.9. The van der Waals surface area contributed by atoms with Gasteiger partial charge in [-0.2, -0.15) is 0 Å². The molecule has 0 saturated heterocycles. The van der Waals surface area contributed by atoms with E-state index in [1.165, 1.54) is 105 Å². The van der Waals surface area contributed by atoms with Gasteiger partial charge in [-0.1, -0.05) is 188 Å². The van der Waals surface area contributed by atoms with E-state index in [9.17, 15) is 0 Å². The van der Waals surface area contributed by atoms with Crippen LogP contribution in [0.25, 0.3) is 132 Å². The summed E-state index contributed by atoms with van der Waals surface area (Å²) in [6, 6.07) is 80.3. The average Bonchev–Trinajstić information content (AvgIpc) is 3.87. The molecule has 0 atom stereocenters. The molecule has 11 aromatic carbocycles. The first-order chi connectivity index (χ1) is 30.3. The van der Waals surface area contributed by atoms with Gasteiger partial charge in [0, 0.05) is 10.8 Å². The van der Waals surface area contributed by atoms with Crippen LogP contribution >= 0.6 is 0 Å². The Labute approximate surface area is 353 Å². The highest BCUT2D eigenvalue weighted by molar-refractivity contribution is 6.25. The van der Waals surface area contributed by atoms with Crippen molar-refractivity contribution in [2.45, 2.75) is 0 Å². The molecule has 61 heavy (non-hydrogen) atoms. The lowest BCUT2D eigenvalue weighted by atomic mass is 9.79. The molecule has 1 nitrogen and oxygen atoms in total. The molecule has 0 radical (unpaired) electrons. The van der Waals surface area contributed by atoms with Crippen LogP contribution in [0.5, 0.6) is 0 Å². The molecule has 1 heterocycles. The van der Waals surface area contributed by atoms with E-state index in [2.05, 4.69) is 212 Å². The molecule has 0 aliphatic heterocycles. The lowest BCUT2D eigenvalue weighted by molar-refractivity contribution is 0.669. The molecule has 12 aromatic rings. The average molecular weight is 773 g/mol. The number of hydrogen-bond donors (Lipinski definition) is 0. The highest BCUT2D eigenvalue weighted by Gasteiger charge is 2.26. The van der Waals surface area contributed by atoms with Crippen LogP contribution in [0, 0.1) is 0 Å². The molecule has 0 saturated carbocycles. The quantitative estimate of drug-likeness (QED) is 0.159. The number of hydrogen-bond acceptors (Lipinski definition) is 1. The standard InChI is InChI=1S/C60H36O/c1-3-16-37(17-4-1)52-35-40(41-31-32-51-43-21-8-7-20-42(43)46-28-15-27-45(41)58(46)51)36-53(39-30-33-56-54(34-39)44-22-13-14-29-55(44)61-56)60(52)59-49-25-11-9-23-47(49)57(38-18-5-2-6-19-38)48-24-10-12-26-50(48)59/h1-36H. The maximum absolute atomic E-state index is 6.42. The van der Waals surface area contributed by atoms with Crippen molar-refractivity contribution in [2.24, 2.45) is 0 Å². The molecule has 0 spiro atoms. The smallest absolute Gasteiger partial charge is 0.135 e. The van der Waals surface area contributed by atoms with Crippen molar-refractivity contribution in [1.82, 2.24) is 0 Å². The fraction of sp³-hybridized carbons (Fsp3) is 0. The van der Waals surface area contributed by atoms with Crippen LogP contribution in [-0.2, 0) is 0 Å². The number of furan rings is 1. The highest BCUT2D eigenvalue weighted by Crippen LogP contribution is 2.53. The van der Waals surface area contributed by atoms with E-state index in [1.54, 1.807) is 0 Å². The summed E-state index contributed by atoms with van der Waals surface area (Å²) in [6.45, 7) is 0. The van der Waals surface area contributed by atoms with Crippen LogP contribution in [0.3, 0.4) is 0 Å². The maximum atomic E-state index is 6.42. The molecule has 1 aromatic heterocycles. The van der Waals surface area contributed by atoms with Crippen LogP contribution < -0.4 is 0 Å². The largest absolute Gasteiger partial charge is 0.456 e. The van der Waals surface area contributed by atoms with Gasteiger partial charge in [-0.3, -0.25) is 0 Å². The van der Waals surface area contributed by atoms with E-state index in [-0.39, 0.29) is 0 Å². The summed E-state index contributed by atoms with van der Waals surface area (Å²) < 4.78 is 6.42. The van der Waals surface area contributed by atoms with Gasteiger partial charge in [0.1, 0.15) is 11.2 Å². The zero-order chi connectivity index (χ0) is 40.0.